The molecule has 27 heavy (non-hydrogen) atoms. The van der Waals surface area contributed by atoms with Crippen molar-refractivity contribution >= 4 is 11.7 Å². The van der Waals surface area contributed by atoms with Gasteiger partial charge in [-0.3, -0.25) is 4.79 Å². The first-order chi connectivity index (χ1) is 12.7. The van der Waals surface area contributed by atoms with Gasteiger partial charge < -0.3 is 10.2 Å². The molecule has 0 aliphatic carbocycles. The molecular formula is C17H21F3N6O. The summed E-state index contributed by atoms with van der Waals surface area (Å²) in [4.78, 5) is 13.9. The van der Waals surface area contributed by atoms with Crippen molar-refractivity contribution in [3.8, 4) is 5.82 Å². The summed E-state index contributed by atoms with van der Waals surface area (Å²) in [7, 11) is 0. The lowest BCUT2D eigenvalue weighted by Crippen LogP contribution is -2.45. The standard InChI is InChI=1S/C17H21F3N6O/c1-11-8-12(2)26(24-11)15-6-5-14(22-23-15)25-7-3-4-13(9-25)16(27)21-10-17(18,19)20/h5-6,8,13H,3-4,7,9-10H2,1-2H3,(H,21,27). The van der Waals surface area contributed by atoms with Crippen LogP contribution in [0.2, 0.25) is 0 Å². The maximum atomic E-state index is 12.3. The molecule has 1 aliphatic heterocycles. The normalized spacial score (nSPS) is 17.8. The molecule has 2 aromatic heterocycles. The van der Waals surface area contributed by atoms with Crippen LogP contribution in [0.15, 0.2) is 18.2 Å². The molecule has 0 bridgehead atoms. The number of nitrogens with zero attached hydrogens (tertiary/aromatic N) is 5. The monoisotopic (exact) mass is 382 g/mol. The van der Waals surface area contributed by atoms with Gasteiger partial charge in [-0.25, -0.2) is 4.68 Å². The molecule has 0 spiro atoms. The van der Waals surface area contributed by atoms with Gasteiger partial charge in [-0.2, -0.15) is 18.3 Å². The van der Waals surface area contributed by atoms with Crippen molar-refractivity contribution in [3.05, 3.63) is 29.6 Å². The van der Waals surface area contributed by atoms with Gasteiger partial charge in [-0.05, 0) is 44.9 Å². The van der Waals surface area contributed by atoms with Crippen LogP contribution in [0.5, 0.6) is 0 Å². The van der Waals surface area contributed by atoms with E-state index in [0.29, 0.717) is 37.6 Å². The van der Waals surface area contributed by atoms with Crippen LogP contribution in [-0.2, 0) is 4.79 Å². The molecular weight excluding hydrogens is 361 g/mol. The maximum absolute atomic E-state index is 12.3. The van der Waals surface area contributed by atoms with Crippen LogP contribution in [0.4, 0.5) is 19.0 Å². The Hall–Kier alpha value is -2.65. The molecule has 10 heteroatoms. The van der Waals surface area contributed by atoms with E-state index in [1.807, 2.05) is 30.1 Å². The van der Waals surface area contributed by atoms with E-state index >= 15 is 0 Å². The fraction of sp³-hybridized carbons (Fsp3) is 0.529. The number of aromatic nitrogens is 4. The number of halogens is 3. The minimum Gasteiger partial charge on any atom is -0.354 e. The third-order valence-corrected chi connectivity index (χ3v) is 4.44. The molecule has 1 saturated heterocycles. The zero-order valence-corrected chi connectivity index (χ0v) is 15.1. The second kappa shape index (κ2) is 7.53. The molecule has 1 unspecified atom stereocenters. The highest BCUT2D eigenvalue weighted by molar-refractivity contribution is 5.79. The van der Waals surface area contributed by atoms with Crippen LogP contribution in [0.25, 0.3) is 5.82 Å². The average molecular weight is 382 g/mol. The predicted octanol–water partition coefficient (Wildman–Crippen LogP) is 2.17. The second-order valence-electron chi connectivity index (χ2n) is 6.71. The first-order valence-electron chi connectivity index (χ1n) is 8.70. The molecule has 0 radical (unpaired) electrons. The Labute approximate surface area is 154 Å². The maximum Gasteiger partial charge on any atom is 0.405 e. The van der Waals surface area contributed by atoms with E-state index in [2.05, 4.69) is 15.3 Å². The van der Waals surface area contributed by atoms with E-state index in [-0.39, 0.29) is 0 Å². The first kappa shape index (κ1) is 19.1. The predicted molar refractivity (Wildman–Crippen MR) is 92.6 cm³/mol. The number of amides is 1. The average Bonchev–Trinajstić information content (AvgIpc) is 2.97. The van der Waals surface area contributed by atoms with E-state index in [0.717, 1.165) is 11.4 Å². The van der Waals surface area contributed by atoms with E-state index < -0.39 is 24.5 Å². The Morgan fingerprint density at radius 2 is 1.96 bits per heavy atom. The topological polar surface area (TPSA) is 75.9 Å². The molecule has 146 valence electrons. The van der Waals surface area contributed by atoms with Crippen LogP contribution >= 0.6 is 0 Å². The number of alkyl halides is 3. The van der Waals surface area contributed by atoms with Gasteiger partial charge in [0.2, 0.25) is 5.91 Å². The molecule has 1 aliphatic rings. The SMILES string of the molecule is Cc1cc(C)n(-c2ccc(N3CCCC(C(=O)NCC(F)(F)F)C3)nn2)n1. The number of hydrogen-bond donors (Lipinski definition) is 1. The van der Waals surface area contributed by atoms with E-state index in [9.17, 15) is 18.0 Å². The van der Waals surface area contributed by atoms with Crippen molar-refractivity contribution in [2.24, 2.45) is 5.92 Å². The molecule has 1 amide bonds. The Bertz CT molecular complexity index is 802. The number of carbonyl (C=O) groups is 1. The van der Waals surface area contributed by atoms with E-state index in [1.165, 1.54) is 0 Å². The fourth-order valence-corrected chi connectivity index (χ4v) is 3.19. The number of carbonyl (C=O) groups excluding carboxylic acids is 1. The highest BCUT2D eigenvalue weighted by Gasteiger charge is 2.31. The lowest BCUT2D eigenvalue weighted by molar-refractivity contribution is -0.140. The van der Waals surface area contributed by atoms with Crippen LogP contribution < -0.4 is 10.2 Å². The molecule has 0 aromatic carbocycles. The number of piperidine rings is 1. The quantitative estimate of drug-likeness (QED) is 0.877. The van der Waals surface area contributed by atoms with Gasteiger partial charge in [0, 0.05) is 18.8 Å². The lowest BCUT2D eigenvalue weighted by atomic mass is 9.97. The number of hydrogen-bond acceptors (Lipinski definition) is 5. The Kier molecular flexibility index (Phi) is 5.33. The number of rotatable bonds is 4. The first-order valence-corrected chi connectivity index (χ1v) is 8.70. The summed E-state index contributed by atoms with van der Waals surface area (Å²) in [5.41, 5.74) is 1.82. The van der Waals surface area contributed by atoms with Crippen LogP contribution in [-0.4, -0.2) is 51.7 Å². The van der Waals surface area contributed by atoms with Crippen molar-refractivity contribution in [2.75, 3.05) is 24.5 Å². The summed E-state index contributed by atoms with van der Waals surface area (Å²) in [6.45, 7) is 3.50. The molecule has 7 nitrogen and oxygen atoms in total. The van der Waals surface area contributed by atoms with Gasteiger partial charge in [-0.1, -0.05) is 0 Å². The summed E-state index contributed by atoms with van der Waals surface area (Å²) in [6.07, 6.45) is -3.16. The summed E-state index contributed by atoms with van der Waals surface area (Å²) in [6, 6.07) is 5.51. The minimum atomic E-state index is -4.41. The molecule has 1 fully saturated rings. The van der Waals surface area contributed by atoms with Crippen molar-refractivity contribution in [1.29, 1.82) is 0 Å². The Morgan fingerprint density at radius 1 is 1.26 bits per heavy atom. The fourth-order valence-electron chi connectivity index (χ4n) is 3.19. The molecule has 2 aromatic rings. The van der Waals surface area contributed by atoms with Crippen molar-refractivity contribution in [1.82, 2.24) is 25.3 Å². The number of nitrogens with one attached hydrogen (secondary N) is 1. The zero-order chi connectivity index (χ0) is 19.6. The highest BCUT2D eigenvalue weighted by atomic mass is 19.4. The zero-order valence-electron chi connectivity index (χ0n) is 15.1. The van der Waals surface area contributed by atoms with Gasteiger partial charge in [0.25, 0.3) is 0 Å². The largest absolute Gasteiger partial charge is 0.405 e. The summed E-state index contributed by atoms with van der Waals surface area (Å²) in [5, 5.41) is 14.7. The van der Waals surface area contributed by atoms with Gasteiger partial charge in [0.15, 0.2) is 11.6 Å². The minimum absolute atomic E-state index is 0.317. The molecule has 3 rings (SSSR count). The van der Waals surface area contributed by atoms with Crippen LogP contribution in [0.1, 0.15) is 24.2 Å². The third-order valence-electron chi connectivity index (χ3n) is 4.44. The number of aryl methyl sites for hydroxylation is 2. The smallest absolute Gasteiger partial charge is 0.354 e. The van der Waals surface area contributed by atoms with Crippen LogP contribution in [0, 0.1) is 19.8 Å². The summed E-state index contributed by atoms with van der Waals surface area (Å²) in [5.74, 6) is 0.0947. The van der Waals surface area contributed by atoms with Gasteiger partial charge >= 0.3 is 6.18 Å². The molecule has 3 heterocycles. The van der Waals surface area contributed by atoms with E-state index in [1.54, 1.807) is 16.8 Å². The Balaban J connectivity index is 1.66. The van der Waals surface area contributed by atoms with Crippen molar-refractivity contribution in [2.45, 2.75) is 32.9 Å². The highest BCUT2D eigenvalue weighted by Crippen LogP contribution is 2.22. The summed E-state index contributed by atoms with van der Waals surface area (Å²) >= 11 is 0. The summed E-state index contributed by atoms with van der Waals surface area (Å²) < 4.78 is 38.5. The van der Waals surface area contributed by atoms with Crippen molar-refractivity contribution < 1.29 is 18.0 Å². The van der Waals surface area contributed by atoms with E-state index in [4.69, 9.17) is 0 Å². The van der Waals surface area contributed by atoms with Crippen LogP contribution in [0.3, 0.4) is 0 Å². The Morgan fingerprint density at radius 3 is 2.56 bits per heavy atom. The second-order valence-corrected chi connectivity index (χ2v) is 6.71. The van der Waals surface area contributed by atoms with Gasteiger partial charge in [0.1, 0.15) is 6.54 Å². The van der Waals surface area contributed by atoms with Crippen molar-refractivity contribution in [3.63, 3.8) is 0 Å². The third kappa shape index (κ3) is 4.75. The molecule has 1 N–H and O–H groups in total. The van der Waals surface area contributed by atoms with Gasteiger partial charge in [0.05, 0.1) is 11.6 Å². The molecule has 0 saturated carbocycles. The lowest BCUT2D eigenvalue weighted by Gasteiger charge is -2.32. The molecule has 1 atom stereocenters. The number of anilines is 1. The van der Waals surface area contributed by atoms with Gasteiger partial charge in [-0.15, -0.1) is 10.2 Å².